The van der Waals surface area contributed by atoms with Crippen molar-refractivity contribution in [3.8, 4) is 22.3 Å². The Morgan fingerprint density at radius 3 is 1.82 bits per heavy atom. The summed E-state index contributed by atoms with van der Waals surface area (Å²) in [5, 5.41) is 7.75. The molecule has 0 aliphatic rings. The third kappa shape index (κ3) is 3.38. The second-order valence-electron chi connectivity index (χ2n) is 10.2. The van der Waals surface area contributed by atoms with E-state index in [0.29, 0.717) is 0 Å². The Bertz CT molecular complexity index is 1670. The van der Waals surface area contributed by atoms with E-state index in [1.165, 1.54) is 60.1 Å². The molecule has 0 amide bonds. The van der Waals surface area contributed by atoms with E-state index in [1.807, 2.05) is 0 Å². The lowest BCUT2D eigenvalue weighted by Crippen LogP contribution is -2.13. The van der Waals surface area contributed by atoms with Gasteiger partial charge in [-0.2, -0.15) is 0 Å². The van der Waals surface area contributed by atoms with Crippen LogP contribution < -0.4 is 0 Å². The molecule has 0 aliphatic heterocycles. The first-order chi connectivity index (χ1) is 16.5. The molecular formula is C34H28. The maximum absolute atomic E-state index is 2.45. The molecule has 0 N–H and O–H groups in total. The van der Waals surface area contributed by atoms with Gasteiger partial charge in [-0.3, -0.25) is 0 Å². The predicted molar refractivity (Wildman–Crippen MR) is 149 cm³/mol. The number of hydrogen-bond acceptors (Lipinski definition) is 0. The van der Waals surface area contributed by atoms with Gasteiger partial charge in [0.05, 0.1) is 0 Å². The molecule has 0 unspecified atom stereocenters. The van der Waals surface area contributed by atoms with Crippen LogP contribution in [0.2, 0.25) is 0 Å². The van der Waals surface area contributed by atoms with Crippen LogP contribution in [0.4, 0.5) is 0 Å². The predicted octanol–water partition coefficient (Wildman–Crippen LogP) is 9.78. The van der Waals surface area contributed by atoms with Gasteiger partial charge >= 0.3 is 0 Å². The molecule has 6 aromatic rings. The molecule has 0 heteroatoms. The molecule has 0 bridgehead atoms. The fourth-order valence-electron chi connectivity index (χ4n) is 5.30. The first-order valence-electron chi connectivity index (χ1n) is 12.0. The van der Waals surface area contributed by atoms with Gasteiger partial charge in [0.1, 0.15) is 0 Å². The molecule has 0 fully saturated rings. The average molecular weight is 437 g/mol. The van der Waals surface area contributed by atoms with Gasteiger partial charge in [0, 0.05) is 0 Å². The number of benzene rings is 6. The normalized spacial score (nSPS) is 12.0. The van der Waals surface area contributed by atoms with E-state index in [0.717, 1.165) is 0 Å². The van der Waals surface area contributed by atoms with Crippen molar-refractivity contribution in [1.29, 1.82) is 0 Å². The molecule has 6 aromatic carbocycles. The molecular weight excluding hydrogens is 408 g/mol. The quantitative estimate of drug-likeness (QED) is 0.253. The fraction of sp³-hybridized carbons (Fsp3) is 0.118. The van der Waals surface area contributed by atoms with Crippen LogP contribution in [0, 0.1) is 0 Å². The standard InChI is InChI=1S/C34H28/c1-34(2,3)32-22-31(26-20-19-23-11-4-5-13-25(23)21-26)28-16-8-9-17-30(28)33(32)29-18-10-14-24-12-6-7-15-27(24)29/h4-22H,1-3H3. The highest BCUT2D eigenvalue weighted by Crippen LogP contribution is 2.45. The second kappa shape index (κ2) is 7.85. The van der Waals surface area contributed by atoms with E-state index in [2.05, 4.69) is 136 Å². The zero-order valence-electron chi connectivity index (χ0n) is 20.0. The lowest BCUT2D eigenvalue weighted by atomic mass is 9.77. The topological polar surface area (TPSA) is 0 Å². The Hall–Kier alpha value is -3.90. The zero-order chi connectivity index (χ0) is 23.3. The maximum Gasteiger partial charge on any atom is -0.00613 e. The van der Waals surface area contributed by atoms with Crippen LogP contribution in [0.15, 0.2) is 115 Å². The van der Waals surface area contributed by atoms with Crippen molar-refractivity contribution in [2.24, 2.45) is 0 Å². The van der Waals surface area contributed by atoms with Crippen LogP contribution >= 0.6 is 0 Å². The molecule has 0 saturated heterocycles. The van der Waals surface area contributed by atoms with Crippen molar-refractivity contribution in [1.82, 2.24) is 0 Å². The van der Waals surface area contributed by atoms with Gasteiger partial charge in [0.25, 0.3) is 0 Å². The first-order valence-corrected chi connectivity index (χ1v) is 12.0. The van der Waals surface area contributed by atoms with Crippen LogP contribution in [-0.2, 0) is 5.41 Å². The molecule has 0 heterocycles. The largest absolute Gasteiger partial charge is 0.0616 e. The van der Waals surface area contributed by atoms with Crippen molar-refractivity contribution in [2.45, 2.75) is 26.2 Å². The van der Waals surface area contributed by atoms with E-state index < -0.39 is 0 Å². The Labute approximate surface area is 201 Å². The molecule has 0 spiro atoms. The molecule has 0 saturated carbocycles. The van der Waals surface area contributed by atoms with E-state index in [1.54, 1.807) is 0 Å². The molecule has 0 nitrogen and oxygen atoms in total. The molecule has 0 aliphatic carbocycles. The van der Waals surface area contributed by atoms with Gasteiger partial charge in [-0.15, -0.1) is 0 Å². The van der Waals surface area contributed by atoms with E-state index >= 15 is 0 Å². The summed E-state index contributed by atoms with van der Waals surface area (Å²) in [7, 11) is 0. The van der Waals surface area contributed by atoms with Crippen LogP contribution in [0.1, 0.15) is 26.3 Å². The lowest BCUT2D eigenvalue weighted by Gasteiger charge is -2.27. The van der Waals surface area contributed by atoms with Gasteiger partial charge in [0.15, 0.2) is 0 Å². The summed E-state index contributed by atoms with van der Waals surface area (Å²) in [6.07, 6.45) is 0. The summed E-state index contributed by atoms with van der Waals surface area (Å²) < 4.78 is 0. The highest BCUT2D eigenvalue weighted by Gasteiger charge is 2.24. The minimum Gasteiger partial charge on any atom is -0.0616 e. The molecule has 34 heavy (non-hydrogen) atoms. The number of hydrogen-bond donors (Lipinski definition) is 0. The summed E-state index contributed by atoms with van der Waals surface area (Å²) in [6, 6.07) is 42.2. The minimum atomic E-state index is -0.0120. The van der Waals surface area contributed by atoms with E-state index in [-0.39, 0.29) is 5.41 Å². The monoisotopic (exact) mass is 436 g/mol. The maximum atomic E-state index is 2.45. The highest BCUT2D eigenvalue weighted by molar-refractivity contribution is 6.11. The Balaban J connectivity index is 1.74. The molecule has 164 valence electrons. The molecule has 6 rings (SSSR count). The second-order valence-corrected chi connectivity index (χ2v) is 10.2. The van der Waals surface area contributed by atoms with Crippen molar-refractivity contribution in [3.05, 3.63) is 121 Å². The Morgan fingerprint density at radius 2 is 1.06 bits per heavy atom. The third-order valence-electron chi connectivity index (χ3n) is 6.97. The summed E-state index contributed by atoms with van der Waals surface area (Å²) >= 11 is 0. The van der Waals surface area contributed by atoms with Crippen LogP contribution in [-0.4, -0.2) is 0 Å². The van der Waals surface area contributed by atoms with E-state index in [9.17, 15) is 0 Å². The molecule has 0 radical (unpaired) electrons. The lowest BCUT2D eigenvalue weighted by molar-refractivity contribution is 0.593. The van der Waals surface area contributed by atoms with Crippen LogP contribution in [0.25, 0.3) is 54.6 Å². The van der Waals surface area contributed by atoms with Crippen molar-refractivity contribution >= 4 is 32.3 Å². The Kier molecular flexibility index (Phi) is 4.78. The summed E-state index contributed by atoms with van der Waals surface area (Å²) in [4.78, 5) is 0. The average Bonchev–Trinajstić information content (AvgIpc) is 2.86. The van der Waals surface area contributed by atoms with E-state index in [4.69, 9.17) is 0 Å². The smallest absolute Gasteiger partial charge is 0.00613 e. The number of rotatable bonds is 2. The van der Waals surface area contributed by atoms with Gasteiger partial charge in [-0.05, 0) is 77.7 Å². The minimum absolute atomic E-state index is 0.0120. The Morgan fingerprint density at radius 1 is 0.441 bits per heavy atom. The molecule has 0 aromatic heterocycles. The highest BCUT2D eigenvalue weighted by atomic mass is 14.3. The summed E-state index contributed by atoms with van der Waals surface area (Å²) in [5.41, 5.74) is 6.60. The van der Waals surface area contributed by atoms with Crippen molar-refractivity contribution in [2.75, 3.05) is 0 Å². The molecule has 0 atom stereocenters. The van der Waals surface area contributed by atoms with Gasteiger partial charge in [-0.25, -0.2) is 0 Å². The number of fused-ring (bicyclic) bond motifs is 3. The SMILES string of the molecule is CC(C)(C)c1cc(-c2ccc3ccccc3c2)c2ccccc2c1-c1cccc2ccccc12. The van der Waals surface area contributed by atoms with Gasteiger partial charge in [0.2, 0.25) is 0 Å². The van der Waals surface area contributed by atoms with Crippen LogP contribution in [0.3, 0.4) is 0 Å². The summed E-state index contributed by atoms with van der Waals surface area (Å²) in [6.45, 7) is 6.99. The first kappa shape index (κ1) is 20.7. The van der Waals surface area contributed by atoms with Crippen molar-refractivity contribution in [3.63, 3.8) is 0 Å². The zero-order valence-corrected chi connectivity index (χ0v) is 20.0. The summed E-state index contributed by atoms with van der Waals surface area (Å²) in [5.74, 6) is 0. The van der Waals surface area contributed by atoms with Crippen molar-refractivity contribution < 1.29 is 0 Å². The fourth-order valence-corrected chi connectivity index (χ4v) is 5.30. The van der Waals surface area contributed by atoms with Gasteiger partial charge in [-0.1, -0.05) is 124 Å². The third-order valence-corrected chi connectivity index (χ3v) is 6.97. The van der Waals surface area contributed by atoms with Crippen LogP contribution in [0.5, 0.6) is 0 Å². The van der Waals surface area contributed by atoms with Gasteiger partial charge < -0.3 is 0 Å².